The third-order valence-electron chi connectivity index (χ3n) is 4.70. The van der Waals surface area contributed by atoms with E-state index >= 15 is 0 Å². The van der Waals surface area contributed by atoms with Gasteiger partial charge in [0.1, 0.15) is 11.5 Å². The Morgan fingerprint density at radius 1 is 1.14 bits per heavy atom. The highest BCUT2D eigenvalue weighted by Crippen LogP contribution is 2.59. The lowest BCUT2D eigenvalue weighted by molar-refractivity contribution is -0.137. The number of methoxy groups -OCH3 is 2. The second-order valence-electron chi connectivity index (χ2n) is 5.74. The molecule has 0 aliphatic heterocycles. The van der Waals surface area contributed by atoms with E-state index in [1.807, 2.05) is 0 Å². The fourth-order valence-electron chi connectivity index (χ4n) is 3.87. The SMILES string of the molecule is CCOC(=O)C(=O)c1cc(OC)c2c(c1OC)C1CCC2C1. The van der Waals surface area contributed by atoms with Crippen molar-refractivity contribution in [3.05, 3.63) is 22.8 Å². The van der Waals surface area contributed by atoms with Gasteiger partial charge in [-0.1, -0.05) is 0 Å². The van der Waals surface area contributed by atoms with Crippen molar-refractivity contribution in [2.24, 2.45) is 0 Å². The van der Waals surface area contributed by atoms with Crippen molar-refractivity contribution in [1.29, 1.82) is 0 Å². The number of ketones is 1. The lowest BCUT2D eigenvalue weighted by atomic mass is 9.87. The average Bonchev–Trinajstić information content (AvgIpc) is 3.14. The molecule has 1 fully saturated rings. The van der Waals surface area contributed by atoms with Gasteiger partial charge in [-0.05, 0) is 44.1 Å². The highest BCUT2D eigenvalue weighted by atomic mass is 16.5. The van der Waals surface area contributed by atoms with Gasteiger partial charge in [0.05, 0.1) is 26.4 Å². The zero-order chi connectivity index (χ0) is 15.9. The molecule has 2 aliphatic carbocycles. The molecule has 1 aromatic rings. The van der Waals surface area contributed by atoms with E-state index in [1.165, 1.54) is 7.11 Å². The van der Waals surface area contributed by atoms with Crippen LogP contribution in [0.5, 0.6) is 11.5 Å². The normalized spacial score (nSPS) is 21.4. The highest BCUT2D eigenvalue weighted by Gasteiger charge is 2.43. The van der Waals surface area contributed by atoms with Gasteiger partial charge in [-0.2, -0.15) is 0 Å². The molecule has 2 aliphatic rings. The molecular formula is C17H20O5. The van der Waals surface area contributed by atoms with Crippen LogP contribution in [0.25, 0.3) is 0 Å². The summed E-state index contributed by atoms with van der Waals surface area (Å²) in [5.41, 5.74) is 2.44. The maximum absolute atomic E-state index is 12.4. The third kappa shape index (κ3) is 2.07. The Labute approximate surface area is 129 Å². The van der Waals surface area contributed by atoms with E-state index in [9.17, 15) is 9.59 Å². The van der Waals surface area contributed by atoms with E-state index in [0.29, 0.717) is 23.3 Å². The Hall–Kier alpha value is -2.04. The molecule has 1 saturated carbocycles. The summed E-state index contributed by atoms with van der Waals surface area (Å²) >= 11 is 0. The molecule has 22 heavy (non-hydrogen) atoms. The predicted molar refractivity (Wildman–Crippen MR) is 79.8 cm³/mol. The summed E-state index contributed by atoms with van der Waals surface area (Å²) in [7, 11) is 3.13. The number of carbonyl (C=O) groups excluding carboxylic acids is 2. The molecule has 0 heterocycles. The Balaban J connectivity index is 2.14. The number of Topliss-reactive ketones (excluding diaryl/α,β-unsaturated/α-hetero) is 1. The first-order valence-corrected chi connectivity index (χ1v) is 7.62. The summed E-state index contributed by atoms with van der Waals surface area (Å²) in [5, 5.41) is 0. The van der Waals surface area contributed by atoms with Gasteiger partial charge in [-0.3, -0.25) is 4.79 Å². The Morgan fingerprint density at radius 3 is 2.41 bits per heavy atom. The molecular weight excluding hydrogens is 284 g/mol. The summed E-state index contributed by atoms with van der Waals surface area (Å²) in [6.45, 7) is 1.84. The van der Waals surface area contributed by atoms with Crippen LogP contribution >= 0.6 is 0 Å². The summed E-state index contributed by atoms with van der Waals surface area (Å²) in [6.07, 6.45) is 3.30. The van der Waals surface area contributed by atoms with Gasteiger partial charge < -0.3 is 14.2 Å². The molecule has 0 spiro atoms. The molecule has 0 saturated heterocycles. The lowest BCUT2D eigenvalue weighted by Crippen LogP contribution is -2.19. The van der Waals surface area contributed by atoms with E-state index in [2.05, 4.69) is 0 Å². The molecule has 2 atom stereocenters. The third-order valence-corrected chi connectivity index (χ3v) is 4.70. The van der Waals surface area contributed by atoms with E-state index in [4.69, 9.17) is 14.2 Å². The van der Waals surface area contributed by atoms with Crippen LogP contribution in [-0.4, -0.2) is 32.6 Å². The summed E-state index contributed by atoms with van der Waals surface area (Å²) in [6, 6.07) is 1.62. The zero-order valence-corrected chi connectivity index (χ0v) is 13.1. The zero-order valence-electron chi connectivity index (χ0n) is 13.1. The fraction of sp³-hybridized carbons (Fsp3) is 0.529. The van der Waals surface area contributed by atoms with Crippen molar-refractivity contribution in [2.75, 3.05) is 20.8 Å². The minimum absolute atomic E-state index is 0.166. The van der Waals surface area contributed by atoms with E-state index in [1.54, 1.807) is 20.1 Å². The van der Waals surface area contributed by atoms with Gasteiger partial charge in [-0.25, -0.2) is 4.79 Å². The number of esters is 1. The van der Waals surface area contributed by atoms with Crippen molar-refractivity contribution in [2.45, 2.75) is 38.0 Å². The number of hydrogen-bond donors (Lipinski definition) is 0. The number of fused-ring (bicyclic) bond motifs is 5. The van der Waals surface area contributed by atoms with E-state index in [-0.39, 0.29) is 12.2 Å². The molecule has 0 radical (unpaired) electrons. The highest BCUT2D eigenvalue weighted by molar-refractivity contribution is 6.41. The van der Waals surface area contributed by atoms with Gasteiger partial charge in [-0.15, -0.1) is 0 Å². The average molecular weight is 304 g/mol. The van der Waals surface area contributed by atoms with Crippen molar-refractivity contribution >= 4 is 11.8 Å². The number of carbonyl (C=O) groups is 2. The molecule has 0 aromatic heterocycles. The van der Waals surface area contributed by atoms with Crippen LogP contribution < -0.4 is 9.47 Å². The standard InChI is InChI=1S/C17H20O5/c1-4-22-17(19)15(18)11-8-12(20-2)13-9-5-6-10(7-9)14(13)16(11)21-3/h8-10H,4-7H2,1-3H3. The van der Waals surface area contributed by atoms with Crippen molar-refractivity contribution in [1.82, 2.24) is 0 Å². The van der Waals surface area contributed by atoms with E-state index < -0.39 is 11.8 Å². The second kappa shape index (κ2) is 5.63. The maximum Gasteiger partial charge on any atom is 0.379 e. The molecule has 118 valence electrons. The fourth-order valence-corrected chi connectivity index (χ4v) is 3.87. The van der Waals surface area contributed by atoms with Gasteiger partial charge in [0.25, 0.3) is 5.78 Å². The van der Waals surface area contributed by atoms with Crippen LogP contribution in [0, 0.1) is 0 Å². The van der Waals surface area contributed by atoms with Crippen LogP contribution in [-0.2, 0) is 9.53 Å². The quantitative estimate of drug-likeness (QED) is 0.475. The Bertz CT molecular complexity index is 634. The molecule has 1 aromatic carbocycles. The minimum Gasteiger partial charge on any atom is -0.496 e. The van der Waals surface area contributed by atoms with Crippen LogP contribution in [0.4, 0.5) is 0 Å². The second-order valence-corrected chi connectivity index (χ2v) is 5.74. The number of ether oxygens (including phenoxy) is 3. The van der Waals surface area contributed by atoms with E-state index in [0.717, 1.165) is 30.4 Å². The molecule has 5 heteroatoms. The topological polar surface area (TPSA) is 61.8 Å². The number of rotatable bonds is 5. The van der Waals surface area contributed by atoms with Crippen molar-refractivity contribution < 1.29 is 23.8 Å². The summed E-state index contributed by atoms with van der Waals surface area (Å²) < 4.78 is 15.8. The van der Waals surface area contributed by atoms with Crippen LogP contribution in [0.3, 0.4) is 0 Å². The number of benzene rings is 1. The maximum atomic E-state index is 12.4. The molecule has 3 rings (SSSR count). The van der Waals surface area contributed by atoms with Gasteiger partial charge in [0.2, 0.25) is 0 Å². The van der Waals surface area contributed by atoms with Gasteiger partial charge in [0.15, 0.2) is 0 Å². The Morgan fingerprint density at radius 2 is 1.82 bits per heavy atom. The molecule has 5 nitrogen and oxygen atoms in total. The lowest BCUT2D eigenvalue weighted by Gasteiger charge is -2.22. The summed E-state index contributed by atoms with van der Waals surface area (Å²) in [4.78, 5) is 24.2. The smallest absolute Gasteiger partial charge is 0.379 e. The van der Waals surface area contributed by atoms with Crippen molar-refractivity contribution in [3.8, 4) is 11.5 Å². The first kappa shape index (κ1) is 14.9. The predicted octanol–water partition coefficient (Wildman–Crippen LogP) is 2.81. The first-order chi connectivity index (χ1) is 10.6. The Kier molecular flexibility index (Phi) is 3.81. The van der Waals surface area contributed by atoms with Gasteiger partial charge in [0, 0.05) is 11.1 Å². The molecule has 2 unspecified atom stereocenters. The monoisotopic (exact) mass is 304 g/mol. The van der Waals surface area contributed by atoms with Gasteiger partial charge >= 0.3 is 5.97 Å². The van der Waals surface area contributed by atoms with Crippen LogP contribution in [0.1, 0.15) is 59.5 Å². The van der Waals surface area contributed by atoms with Crippen LogP contribution in [0.2, 0.25) is 0 Å². The summed E-state index contributed by atoms with van der Waals surface area (Å²) in [5.74, 6) is 0.514. The molecule has 0 N–H and O–H groups in total. The largest absolute Gasteiger partial charge is 0.496 e. The number of hydrogen-bond acceptors (Lipinski definition) is 5. The first-order valence-electron chi connectivity index (χ1n) is 7.62. The molecule has 2 bridgehead atoms. The van der Waals surface area contributed by atoms with Crippen molar-refractivity contribution in [3.63, 3.8) is 0 Å². The minimum atomic E-state index is -0.856. The van der Waals surface area contributed by atoms with Crippen LogP contribution in [0.15, 0.2) is 6.07 Å². The molecule has 0 amide bonds.